The van der Waals surface area contributed by atoms with E-state index < -0.39 is 0 Å². The number of rotatable bonds is 5. The Labute approximate surface area is 123 Å². The van der Waals surface area contributed by atoms with E-state index >= 15 is 0 Å². The van der Waals surface area contributed by atoms with Crippen molar-refractivity contribution in [2.24, 2.45) is 0 Å². The number of benzene rings is 1. The van der Waals surface area contributed by atoms with Crippen LogP contribution in [0.3, 0.4) is 0 Å². The van der Waals surface area contributed by atoms with Crippen molar-refractivity contribution in [1.29, 1.82) is 0 Å². The van der Waals surface area contributed by atoms with Crippen LogP contribution in [0.2, 0.25) is 0 Å². The van der Waals surface area contributed by atoms with Gasteiger partial charge in [0.15, 0.2) is 0 Å². The average Bonchev–Trinajstić information content (AvgIpc) is 2.42. The van der Waals surface area contributed by atoms with Crippen LogP contribution in [0.4, 0.5) is 0 Å². The third-order valence-electron chi connectivity index (χ3n) is 3.43. The van der Waals surface area contributed by atoms with Gasteiger partial charge in [0.1, 0.15) is 11.9 Å². The fraction of sp³-hybridized carbons (Fsp3) is 0.600. The van der Waals surface area contributed by atoms with E-state index in [9.17, 15) is 0 Å². The molecule has 106 valence electrons. The third-order valence-corrected chi connectivity index (χ3v) is 4.05. The summed E-state index contributed by atoms with van der Waals surface area (Å²) in [5.41, 5.74) is 1.27. The first kappa shape index (κ1) is 14.8. The fourth-order valence-corrected chi connectivity index (χ4v) is 2.77. The van der Waals surface area contributed by atoms with Crippen LogP contribution in [0.1, 0.15) is 38.3 Å². The van der Waals surface area contributed by atoms with E-state index in [1.54, 1.807) is 0 Å². The van der Waals surface area contributed by atoms with Crippen molar-refractivity contribution in [3.63, 3.8) is 0 Å². The van der Waals surface area contributed by atoms with Gasteiger partial charge >= 0.3 is 0 Å². The molecule has 1 unspecified atom stereocenters. The molecule has 1 aromatic carbocycles. The van der Waals surface area contributed by atoms with E-state index in [0.29, 0.717) is 6.04 Å². The van der Waals surface area contributed by atoms with E-state index in [4.69, 9.17) is 9.47 Å². The minimum absolute atomic E-state index is 0.280. The van der Waals surface area contributed by atoms with Crippen molar-refractivity contribution in [3.05, 3.63) is 28.2 Å². The maximum atomic E-state index is 6.03. The number of hydrogen-bond donors (Lipinski definition) is 1. The van der Waals surface area contributed by atoms with E-state index in [-0.39, 0.29) is 6.10 Å². The molecule has 1 aliphatic heterocycles. The molecule has 0 bridgehead atoms. The number of ether oxygens (including phenoxy) is 2. The molecule has 0 radical (unpaired) electrons. The Balaban J connectivity index is 2.01. The molecular formula is C15H22BrNO2. The summed E-state index contributed by atoms with van der Waals surface area (Å²) in [6, 6.07) is 6.69. The van der Waals surface area contributed by atoms with Gasteiger partial charge in [0, 0.05) is 18.9 Å². The van der Waals surface area contributed by atoms with Crippen molar-refractivity contribution in [3.8, 4) is 5.75 Å². The maximum absolute atomic E-state index is 6.03. The van der Waals surface area contributed by atoms with Crippen LogP contribution in [0.5, 0.6) is 5.75 Å². The van der Waals surface area contributed by atoms with Gasteiger partial charge in [-0.3, -0.25) is 0 Å². The molecule has 1 fully saturated rings. The Kier molecular flexibility index (Phi) is 5.67. The van der Waals surface area contributed by atoms with E-state index in [2.05, 4.69) is 53.3 Å². The van der Waals surface area contributed by atoms with Crippen LogP contribution in [0.15, 0.2) is 22.7 Å². The lowest BCUT2D eigenvalue weighted by Gasteiger charge is -2.24. The zero-order valence-electron chi connectivity index (χ0n) is 11.6. The molecular weight excluding hydrogens is 306 g/mol. The molecule has 1 atom stereocenters. The van der Waals surface area contributed by atoms with E-state index in [1.165, 1.54) is 5.56 Å². The summed E-state index contributed by atoms with van der Waals surface area (Å²) in [5, 5.41) is 3.41. The molecule has 0 aromatic heterocycles. The van der Waals surface area contributed by atoms with Gasteiger partial charge in [-0.15, -0.1) is 0 Å². The SMILES string of the molecule is CCNC(C)c1ccc(OC2CCOCC2)c(Br)c1. The molecule has 19 heavy (non-hydrogen) atoms. The summed E-state index contributed by atoms with van der Waals surface area (Å²) in [5.74, 6) is 0.930. The van der Waals surface area contributed by atoms with Gasteiger partial charge in [0.2, 0.25) is 0 Å². The lowest BCUT2D eigenvalue weighted by molar-refractivity contribution is 0.0252. The Morgan fingerprint density at radius 3 is 2.79 bits per heavy atom. The predicted octanol–water partition coefficient (Wildman–Crippen LogP) is 3.68. The van der Waals surface area contributed by atoms with Crippen LogP contribution in [0.25, 0.3) is 0 Å². The normalized spacial score (nSPS) is 18.3. The predicted molar refractivity (Wildman–Crippen MR) is 80.7 cm³/mol. The second-order valence-corrected chi connectivity index (χ2v) is 5.75. The Hall–Kier alpha value is -0.580. The van der Waals surface area contributed by atoms with Crippen LogP contribution in [-0.2, 0) is 4.74 Å². The van der Waals surface area contributed by atoms with Gasteiger partial charge in [0.05, 0.1) is 17.7 Å². The third kappa shape index (κ3) is 4.20. The van der Waals surface area contributed by atoms with Crippen molar-refractivity contribution >= 4 is 15.9 Å². The van der Waals surface area contributed by atoms with Crippen molar-refractivity contribution < 1.29 is 9.47 Å². The van der Waals surface area contributed by atoms with E-state index in [0.717, 1.165) is 42.8 Å². The molecule has 1 aliphatic rings. The lowest BCUT2D eigenvalue weighted by Crippen LogP contribution is -2.26. The van der Waals surface area contributed by atoms with Gasteiger partial charge in [-0.1, -0.05) is 13.0 Å². The summed E-state index contributed by atoms with van der Waals surface area (Å²) in [6.45, 7) is 6.87. The van der Waals surface area contributed by atoms with Gasteiger partial charge in [-0.25, -0.2) is 0 Å². The summed E-state index contributed by atoms with van der Waals surface area (Å²) >= 11 is 3.61. The monoisotopic (exact) mass is 327 g/mol. The fourth-order valence-electron chi connectivity index (χ4n) is 2.28. The highest BCUT2D eigenvalue weighted by atomic mass is 79.9. The van der Waals surface area contributed by atoms with Crippen molar-refractivity contribution in [2.75, 3.05) is 19.8 Å². The minimum Gasteiger partial charge on any atom is -0.489 e. The van der Waals surface area contributed by atoms with Crippen molar-refractivity contribution in [2.45, 2.75) is 38.8 Å². The summed E-state index contributed by atoms with van der Waals surface area (Å²) < 4.78 is 12.4. The van der Waals surface area contributed by atoms with Crippen molar-refractivity contribution in [1.82, 2.24) is 5.32 Å². The Morgan fingerprint density at radius 2 is 2.16 bits per heavy atom. The molecule has 2 rings (SSSR count). The molecule has 0 spiro atoms. The molecule has 1 heterocycles. The standard InChI is InChI=1S/C15H22BrNO2/c1-3-17-11(2)12-4-5-15(14(16)10-12)19-13-6-8-18-9-7-13/h4-5,10-11,13,17H,3,6-9H2,1-2H3. The molecule has 0 aliphatic carbocycles. The highest BCUT2D eigenvalue weighted by Crippen LogP contribution is 2.30. The number of hydrogen-bond acceptors (Lipinski definition) is 3. The number of nitrogens with one attached hydrogen (secondary N) is 1. The van der Waals surface area contributed by atoms with Gasteiger partial charge < -0.3 is 14.8 Å². The van der Waals surface area contributed by atoms with E-state index in [1.807, 2.05) is 0 Å². The summed E-state index contributed by atoms with van der Waals surface area (Å²) in [7, 11) is 0. The van der Waals surface area contributed by atoms with Crippen LogP contribution >= 0.6 is 15.9 Å². The van der Waals surface area contributed by atoms with Crippen LogP contribution in [-0.4, -0.2) is 25.9 Å². The second-order valence-electron chi connectivity index (χ2n) is 4.90. The quantitative estimate of drug-likeness (QED) is 0.894. The van der Waals surface area contributed by atoms with Gasteiger partial charge in [-0.2, -0.15) is 0 Å². The van der Waals surface area contributed by atoms with Crippen LogP contribution < -0.4 is 10.1 Å². The molecule has 0 saturated carbocycles. The summed E-state index contributed by atoms with van der Waals surface area (Å²) in [4.78, 5) is 0. The smallest absolute Gasteiger partial charge is 0.133 e. The molecule has 3 nitrogen and oxygen atoms in total. The first-order chi connectivity index (χ1) is 9.20. The molecule has 0 amide bonds. The first-order valence-electron chi connectivity index (χ1n) is 6.98. The van der Waals surface area contributed by atoms with Gasteiger partial charge in [0.25, 0.3) is 0 Å². The Bertz CT molecular complexity index is 405. The zero-order chi connectivity index (χ0) is 13.7. The largest absolute Gasteiger partial charge is 0.489 e. The maximum Gasteiger partial charge on any atom is 0.133 e. The van der Waals surface area contributed by atoms with Gasteiger partial charge in [-0.05, 0) is 47.1 Å². The molecule has 1 saturated heterocycles. The number of halogens is 1. The molecule has 1 N–H and O–H groups in total. The lowest BCUT2D eigenvalue weighted by atomic mass is 10.1. The molecule has 4 heteroatoms. The highest BCUT2D eigenvalue weighted by molar-refractivity contribution is 9.10. The average molecular weight is 328 g/mol. The minimum atomic E-state index is 0.280. The second kappa shape index (κ2) is 7.27. The Morgan fingerprint density at radius 1 is 1.42 bits per heavy atom. The highest BCUT2D eigenvalue weighted by Gasteiger charge is 2.17. The zero-order valence-corrected chi connectivity index (χ0v) is 13.2. The summed E-state index contributed by atoms with van der Waals surface area (Å²) in [6.07, 6.45) is 2.23. The van der Waals surface area contributed by atoms with Crippen LogP contribution in [0, 0.1) is 0 Å². The first-order valence-corrected chi connectivity index (χ1v) is 7.77. The molecule has 1 aromatic rings. The topological polar surface area (TPSA) is 30.5 Å².